The van der Waals surface area contributed by atoms with Crippen LogP contribution in [0.4, 0.5) is 4.79 Å². The average molecular weight is 278 g/mol. The number of alkyl carbamates (subject to hydrolysis) is 1. The average Bonchev–Trinajstić information content (AvgIpc) is 2.90. The summed E-state index contributed by atoms with van der Waals surface area (Å²) in [6, 6.07) is 7.75. The van der Waals surface area contributed by atoms with Crippen LogP contribution >= 0.6 is 0 Å². The van der Waals surface area contributed by atoms with Crippen LogP contribution < -0.4 is 5.32 Å². The number of carbonyl (C=O) groups excluding carboxylic acids is 1. The quantitative estimate of drug-likeness (QED) is 0.887. The molecule has 0 aromatic heterocycles. The van der Waals surface area contributed by atoms with Crippen LogP contribution in [0, 0.1) is 0 Å². The number of amides is 1. The fourth-order valence-corrected chi connectivity index (χ4v) is 2.86. The van der Waals surface area contributed by atoms with E-state index in [1.165, 1.54) is 7.11 Å². The van der Waals surface area contributed by atoms with Gasteiger partial charge in [0.15, 0.2) is 0 Å². The predicted octanol–water partition coefficient (Wildman–Crippen LogP) is 2.27. The van der Waals surface area contributed by atoms with Crippen molar-refractivity contribution in [2.45, 2.75) is 31.8 Å². The largest absolute Gasteiger partial charge is 0.508 e. The lowest BCUT2D eigenvalue weighted by molar-refractivity contribution is 0.165. The summed E-state index contributed by atoms with van der Waals surface area (Å²) in [5, 5.41) is 12.8. The lowest BCUT2D eigenvalue weighted by Gasteiger charge is -2.27. The molecule has 2 rings (SSSR count). The number of nitrogens with one attached hydrogen (secondary N) is 1. The molecule has 0 spiro atoms. The molecule has 1 fully saturated rings. The number of rotatable bonds is 4. The van der Waals surface area contributed by atoms with Gasteiger partial charge in [0.25, 0.3) is 0 Å². The third kappa shape index (κ3) is 3.22. The van der Waals surface area contributed by atoms with E-state index in [2.05, 4.69) is 21.9 Å². The van der Waals surface area contributed by atoms with Crippen LogP contribution in [0.1, 0.15) is 31.4 Å². The highest BCUT2D eigenvalue weighted by Gasteiger charge is 2.30. The molecule has 1 saturated heterocycles. The maximum Gasteiger partial charge on any atom is 0.407 e. The van der Waals surface area contributed by atoms with Crippen LogP contribution in [-0.2, 0) is 4.74 Å². The van der Waals surface area contributed by atoms with E-state index in [0.29, 0.717) is 5.75 Å². The number of phenolic OH excluding ortho intramolecular Hbond substituents is 1. The molecule has 2 N–H and O–H groups in total. The second-order valence-corrected chi connectivity index (χ2v) is 5.10. The molecule has 1 aliphatic rings. The van der Waals surface area contributed by atoms with Gasteiger partial charge in [-0.05, 0) is 18.9 Å². The van der Waals surface area contributed by atoms with Crippen LogP contribution in [0.3, 0.4) is 0 Å². The molecule has 20 heavy (non-hydrogen) atoms. The molecule has 1 amide bonds. The number of para-hydroxylation sites is 1. The van der Waals surface area contributed by atoms with Crippen LogP contribution in [-0.4, -0.2) is 42.3 Å². The van der Waals surface area contributed by atoms with Gasteiger partial charge in [-0.2, -0.15) is 0 Å². The van der Waals surface area contributed by atoms with E-state index in [0.717, 1.165) is 31.5 Å². The SMILES string of the molecule is CCC(c1ccccc1O)N1CCC(NC(=O)OC)C1. The van der Waals surface area contributed by atoms with Crippen LogP contribution in [0.15, 0.2) is 24.3 Å². The Balaban J connectivity index is 2.03. The van der Waals surface area contributed by atoms with E-state index < -0.39 is 0 Å². The smallest absolute Gasteiger partial charge is 0.407 e. The minimum Gasteiger partial charge on any atom is -0.508 e. The Hall–Kier alpha value is -1.75. The first-order chi connectivity index (χ1) is 9.65. The van der Waals surface area contributed by atoms with Gasteiger partial charge in [0.1, 0.15) is 5.75 Å². The van der Waals surface area contributed by atoms with E-state index in [4.69, 9.17) is 0 Å². The van der Waals surface area contributed by atoms with Crippen molar-refractivity contribution in [3.8, 4) is 5.75 Å². The van der Waals surface area contributed by atoms with Crippen LogP contribution in [0.2, 0.25) is 0 Å². The Kier molecular flexibility index (Phi) is 4.84. The zero-order chi connectivity index (χ0) is 14.5. The van der Waals surface area contributed by atoms with Crippen molar-refractivity contribution in [3.63, 3.8) is 0 Å². The molecule has 0 bridgehead atoms. The molecular weight excluding hydrogens is 256 g/mol. The number of ether oxygens (including phenoxy) is 1. The third-order valence-electron chi connectivity index (χ3n) is 3.85. The molecule has 2 atom stereocenters. The topological polar surface area (TPSA) is 61.8 Å². The molecule has 110 valence electrons. The molecule has 5 heteroatoms. The maximum absolute atomic E-state index is 11.2. The fourth-order valence-electron chi connectivity index (χ4n) is 2.86. The molecule has 1 heterocycles. The molecule has 0 saturated carbocycles. The van der Waals surface area contributed by atoms with Gasteiger partial charge in [0.2, 0.25) is 0 Å². The molecule has 0 aliphatic carbocycles. The van der Waals surface area contributed by atoms with Gasteiger partial charge in [-0.1, -0.05) is 25.1 Å². The van der Waals surface area contributed by atoms with E-state index in [-0.39, 0.29) is 18.2 Å². The van der Waals surface area contributed by atoms with Gasteiger partial charge in [-0.25, -0.2) is 4.79 Å². The van der Waals surface area contributed by atoms with E-state index in [9.17, 15) is 9.90 Å². The summed E-state index contributed by atoms with van der Waals surface area (Å²) in [6.07, 6.45) is 1.44. The zero-order valence-corrected chi connectivity index (χ0v) is 12.0. The first kappa shape index (κ1) is 14.7. The van der Waals surface area contributed by atoms with E-state index in [1.54, 1.807) is 6.07 Å². The monoisotopic (exact) mass is 278 g/mol. The highest BCUT2D eigenvalue weighted by atomic mass is 16.5. The number of methoxy groups -OCH3 is 1. The Morgan fingerprint density at radius 1 is 1.55 bits per heavy atom. The molecule has 1 aromatic carbocycles. The third-order valence-corrected chi connectivity index (χ3v) is 3.85. The van der Waals surface area contributed by atoms with Crippen LogP contribution in [0.25, 0.3) is 0 Å². The second kappa shape index (κ2) is 6.61. The van der Waals surface area contributed by atoms with Crippen molar-refractivity contribution in [2.24, 2.45) is 0 Å². The van der Waals surface area contributed by atoms with Crippen LogP contribution in [0.5, 0.6) is 5.75 Å². The molecular formula is C15H22N2O3. The Labute approximate surface area is 119 Å². The van der Waals surface area contributed by atoms with Crippen molar-refractivity contribution >= 4 is 6.09 Å². The minimum absolute atomic E-state index is 0.113. The minimum atomic E-state index is -0.382. The number of carbonyl (C=O) groups is 1. The van der Waals surface area contributed by atoms with Gasteiger partial charge in [-0.15, -0.1) is 0 Å². The normalized spacial score (nSPS) is 20.6. The van der Waals surface area contributed by atoms with Gasteiger partial charge in [0, 0.05) is 30.7 Å². The Bertz CT molecular complexity index is 464. The van der Waals surface area contributed by atoms with E-state index >= 15 is 0 Å². The number of hydrogen-bond donors (Lipinski definition) is 2. The molecule has 5 nitrogen and oxygen atoms in total. The second-order valence-electron chi connectivity index (χ2n) is 5.10. The number of likely N-dealkylation sites (tertiary alicyclic amines) is 1. The first-order valence-corrected chi connectivity index (χ1v) is 7.02. The highest BCUT2D eigenvalue weighted by molar-refractivity contribution is 5.67. The summed E-state index contributed by atoms with van der Waals surface area (Å²) >= 11 is 0. The first-order valence-electron chi connectivity index (χ1n) is 7.02. The highest BCUT2D eigenvalue weighted by Crippen LogP contribution is 2.33. The maximum atomic E-state index is 11.2. The molecule has 1 aliphatic heterocycles. The van der Waals surface area contributed by atoms with Crippen molar-refractivity contribution in [1.29, 1.82) is 0 Å². The number of benzene rings is 1. The standard InChI is InChI=1S/C15H22N2O3/c1-3-13(12-6-4-5-7-14(12)18)17-9-8-11(10-17)16-15(19)20-2/h4-7,11,13,18H,3,8-10H2,1-2H3,(H,16,19). The van der Waals surface area contributed by atoms with Gasteiger partial charge in [0.05, 0.1) is 7.11 Å². The summed E-state index contributed by atoms with van der Waals surface area (Å²) in [5.41, 5.74) is 0.953. The number of phenols is 1. The summed E-state index contributed by atoms with van der Waals surface area (Å²) < 4.78 is 4.63. The van der Waals surface area contributed by atoms with Gasteiger partial charge >= 0.3 is 6.09 Å². The summed E-state index contributed by atoms with van der Waals surface area (Å²) in [6.45, 7) is 3.79. The Morgan fingerprint density at radius 3 is 2.95 bits per heavy atom. The van der Waals surface area contributed by atoms with Gasteiger partial charge in [-0.3, -0.25) is 4.90 Å². The lowest BCUT2D eigenvalue weighted by Crippen LogP contribution is -2.37. The fraction of sp³-hybridized carbons (Fsp3) is 0.533. The van der Waals surface area contributed by atoms with Crippen molar-refractivity contribution in [3.05, 3.63) is 29.8 Å². The zero-order valence-electron chi connectivity index (χ0n) is 12.0. The van der Waals surface area contributed by atoms with E-state index in [1.807, 2.05) is 18.2 Å². The Morgan fingerprint density at radius 2 is 2.30 bits per heavy atom. The lowest BCUT2D eigenvalue weighted by atomic mass is 10.0. The molecule has 1 aromatic rings. The summed E-state index contributed by atoms with van der Waals surface area (Å²) in [5.74, 6) is 0.337. The van der Waals surface area contributed by atoms with Crippen molar-refractivity contribution in [1.82, 2.24) is 10.2 Å². The van der Waals surface area contributed by atoms with Gasteiger partial charge < -0.3 is 15.2 Å². The number of aromatic hydroxyl groups is 1. The summed E-state index contributed by atoms with van der Waals surface area (Å²) in [4.78, 5) is 13.5. The van der Waals surface area contributed by atoms with Crippen molar-refractivity contribution < 1.29 is 14.6 Å². The predicted molar refractivity (Wildman–Crippen MR) is 76.7 cm³/mol. The van der Waals surface area contributed by atoms with Crippen molar-refractivity contribution in [2.75, 3.05) is 20.2 Å². The number of nitrogens with zero attached hydrogens (tertiary/aromatic N) is 1. The number of hydrogen-bond acceptors (Lipinski definition) is 4. The summed E-state index contributed by atoms with van der Waals surface area (Å²) in [7, 11) is 1.37. The molecule has 2 unspecified atom stereocenters. The molecule has 0 radical (unpaired) electrons.